The average Bonchev–Trinajstić information content (AvgIpc) is 2.44. The number of rotatable bonds is 0. The summed E-state index contributed by atoms with van der Waals surface area (Å²) in [4.78, 5) is 0. The quantitative estimate of drug-likeness (QED) is 0.408. The Morgan fingerprint density at radius 1 is 1.05 bits per heavy atom. The number of alkyl halides is 3. The summed E-state index contributed by atoms with van der Waals surface area (Å²) in [7, 11) is 0. The molecule has 0 unspecified atom stereocenters. The lowest BCUT2D eigenvalue weighted by Gasteiger charge is -2.08. The summed E-state index contributed by atoms with van der Waals surface area (Å²) in [5.41, 5.74) is 1.45. The molecular weight excluding hydrogens is 470 g/mol. The van der Waals surface area contributed by atoms with Crippen molar-refractivity contribution in [2.75, 3.05) is 0 Å². The Hall–Kier alpha value is -1.07. The van der Waals surface area contributed by atoms with Gasteiger partial charge in [0.05, 0.1) is 11.1 Å². The smallest absolute Gasteiger partial charge is 0.192 e. The molecule has 0 aromatic heterocycles. The molecule has 0 N–H and O–H groups in total. The van der Waals surface area contributed by atoms with E-state index in [0.717, 1.165) is 6.07 Å². The number of aryl methyl sites for hydroxylation is 2. The predicted molar refractivity (Wildman–Crippen MR) is 92.5 cm³/mol. The first-order valence-corrected chi connectivity index (χ1v) is 8.03. The summed E-state index contributed by atoms with van der Waals surface area (Å²) >= 11 is 5.25. The predicted octanol–water partition coefficient (Wildman–Crippen LogP) is 6.25. The maximum absolute atomic E-state index is 12.2. The fourth-order valence-corrected chi connectivity index (χ4v) is 2.48. The van der Waals surface area contributed by atoms with Gasteiger partial charge >= 0.3 is 6.18 Å². The van der Waals surface area contributed by atoms with E-state index in [1.807, 2.05) is 0 Å². The van der Waals surface area contributed by atoms with Crippen molar-refractivity contribution in [3.63, 3.8) is 0 Å². The van der Waals surface area contributed by atoms with E-state index in [9.17, 15) is 13.2 Å². The van der Waals surface area contributed by atoms with Crippen LogP contribution in [0.1, 0.15) is 22.3 Å². The molecule has 0 saturated heterocycles. The van der Waals surface area contributed by atoms with Crippen LogP contribution in [0.25, 0.3) is 0 Å². The van der Waals surface area contributed by atoms with Gasteiger partial charge in [0.15, 0.2) is 0 Å². The van der Waals surface area contributed by atoms with E-state index in [1.165, 1.54) is 32.9 Å². The Morgan fingerprint density at radius 2 is 1.55 bits per heavy atom. The second kappa shape index (κ2) is 7.97. The van der Waals surface area contributed by atoms with Crippen molar-refractivity contribution in [2.24, 2.45) is 0 Å². The van der Waals surface area contributed by atoms with Crippen molar-refractivity contribution in [3.8, 4) is 6.07 Å². The molecule has 0 spiro atoms. The fourth-order valence-electron chi connectivity index (χ4n) is 1.67. The highest BCUT2D eigenvalue weighted by molar-refractivity contribution is 14.1. The Labute approximate surface area is 149 Å². The lowest BCUT2D eigenvalue weighted by Crippen LogP contribution is -2.07. The molecule has 2 rings (SSSR count). The summed E-state index contributed by atoms with van der Waals surface area (Å²) in [6.07, 6.45) is -4.48. The third kappa shape index (κ3) is 4.99. The van der Waals surface area contributed by atoms with E-state index in [2.05, 4.69) is 70.6 Å². The SMILES string of the molecule is Cc1cccc(C)c1I.N#Cc1c(Br)cccc1C(F)(F)F. The molecule has 0 aliphatic rings. The number of hydrogen-bond donors (Lipinski definition) is 0. The summed E-state index contributed by atoms with van der Waals surface area (Å²) in [6, 6.07) is 11.4. The molecule has 116 valence electrons. The van der Waals surface area contributed by atoms with Crippen LogP contribution in [0.15, 0.2) is 40.9 Å². The number of nitriles is 1. The molecular formula is C16H12BrF3IN. The van der Waals surface area contributed by atoms with Crippen LogP contribution in [0, 0.1) is 28.7 Å². The molecule has 0 bridgehead atoms. The van der Waals surface area contributed by atoms with Crippen molar-refractivity contribution < 1.29 is 13.2 Å². The van der Waals surface area contributed by atoms with E-state index in [4.69, 9.17) is 5.26 Å². The third-order valence-corrected chi connectivity index (χ3v) is 5.18. The normalized spacial score (nSPS) is 10.5. The molecule has 0 aliphatic heterocycles. The number of benzene rings is 2. The van der Waals surface area contributed by atoms with E-state index in [-0.39, 0.29) is 10.0 Å². The summed E-state index contributed by atoms with van der Waals surface area (Å²) in [5, 5.41) is 8.48. The van der Waals surface area contributed by atoms with Gasteiger partial charge in [-0.25, -0.2) is 0 Å². The van der Waals surface area contributed by atoms with E-state index in [1.54, 1.807) is 0 Å². The van der Waals surface area contributed by atoms with Crippen molar-refractivity contribution in [1.82, 2.24) is 0 Å². The minimum Gasteiger partial charge on any atom is -0.192 e. The van der Waals surface area contributed by atoms with Crippen molar-refractivity contribution in [3.05, 3.63) is 66.7 Å². The highest BCUT2D eigenvalue weighted by atomic mass is 127. The van der Waals surface area contributed by atoms with Crippen LogP contribution >= 0.6 is 38.5 Å². The van der Waals surface area contributed by atoms with Gasteiger partial charge in [0.25, 0.3) is 0 Å². The summed E-state index contributed by atoms with van der Waals surface area (Å²) < 4.78 is 38.3. The molecule has 2 aromatic rings. The first-order chi connectivity index (χ1) is 10.2. The lowest BCUT2D eigenvalue weighted by molar-refractivity contribution is -0.137. The number of nitrogens with zero attached hydrogens (tertiary/aromatic N) is 1. The monoisotopic (exact) mass is 481 g/mol. The van der Waals surface area contributed by atoms with Crippen LogP contribution < -0.4 is 0 Å². The Kier molecular flexibility index (Phi) is 6.88. The Bertz CT molecular complexity index is 685. The molecule has 0 aliphatic carbocycles. The first kappa shape index (κ1) is 19.0. The highest BCUT2D eigenvalue weighted by Gasteiger charge is 2.34. The van der Waals surface area contributed by atoms with Crippen molar-refractivity contribution in [1.29, 1.82) is 5.26 Å². The minimum atomic E-state index is -4.48. The average molecular weight is 482 g/mol. The summed E-state index contributed by atoms with van der Waals surface area (Å²) in [5.74, 6) is 0. The van der Waals surface area contributed by atoms with Crippen LogP contribution in [0.5, 0.6) is 0 Å². The maximum Gasteiger partial charge on any atom is 0.417 e. The largest absolute Gasteiger partial charge is 0.417 e. The lowest BCUT2D eigenvalue weighted by atomic mass is 10.1. The van der Waals surface area contributed by atoms with Crippen LogP contribution in [-0.4, -0.2) is 0 Å². The van der Waals surface area contributed by atoms with Gasteiger partial charge in [-0.15, -0.1) is 0 Å². The number of halogens is 5. The van der Waals surface area contributed by atoms with Gasteiger partial charge in [-0.05, 0) is 75.6 Å². The molecule has 2 aromatic carbocycles. The molecule has 1 nitrogen and oxygen atoms in total. The zero-order valence-corrected chi connectivity index (χ0v) is 15.5. The molecule has 0 radical (unpaired) electrons. The van der Waals surface area contributed by atoms with Gasteiger partial charge in [-0.1, -0.05) is 24.3 Å². The van der Waals surface area contributed by atoms with Crippen molar-refractivity contribution >= 4 is 38.5 Å². The minimum absolute atomic E-state index is 0.157. The van der Waals surface area contributed by atoms with Gasteiger partial charge < -0.3 is 0 Å². The van der Waals surface area contributed by atoms with Gasteiger partial charge in [-0.2, -0.15) is 18.4 Å². The zero-order valence-electron chi connectivity index (χ0n) is 11.8. The first-order valence-electron chi connectivity index (χ1n) is 6.16. The zero-order chi connectivity index (χ0) is 16.9. The topological polar surface area (TPSA) is 23.8 Å². The molecule has 0 amide bonds. The Morgan fingerprint density at radius 3 is 1.91 bits per heavy atom. The molecule has 22 heavy (non-hydrogen) atoms. The molecule has 0 saturated carbocycles. The van der Waals surface area contributed by atoms with Crippen LogP contribution in [-0.2, 0) is 6.18 Å². The number of hydrogen-bond acceptors (Lipinski definition) is 1. The second-order valence-corrected chi connectivity index (χ2v) is 6.41. The molecule has 6 heteroatoms. The van der Waals surface area contributed by atoms with Gasteiger partial charge in [0, 0.05) is 8.04 Å². The van der Waals surface area contributed by atoms with Crippen molar-refractivity contribution in [2.45, 2.75) is 20.0 Å². The van der Waals surface area contributed by atoms with Gasteiger partial charge in [0.1, 0.15) is 6.07 Å². The maximum atomic E-state index is 12.2. The van der Waals surface area contributed by atoms with Gasteiger partial charge in [0.2, 0.25) is 0 Å². The molecule has 0 fully saturated rings. The van der Waals surface area contributed by atoms with E-state index < -0.39 is 11.7 Å². The molecule has 0 heterocycles. The van der Waals surface area contributed by atoms with Gasteiger partial charge in [-0.3, -0.25) is 0 Å². The standard InChI is InChI=1S/C8H3BrF3N.C8H9I/c9-7-3-1-2-6(5(7)4-13)8(10,11)12;1-6-4-3-5-7(2)8(6)9/h1-3H;3-5H,1-2H3. The summed E-state index contributed by atoms with van der Waals surface area (Å²) in [6.45, 7) is 4.27. The van der Waals surface area contributed by atoms with Crippen LogP contribution in [0.3, 0.4) is 0 Å². The second-order valence-electron chi connectivity index (χ2n) is 4.48. The highest BCUT2D eigenvalue weighted by Crippen LogP contribution is 2.34. The fraction of sp³-hybridized carbons (Fsp3) is 0.188. The van der Waals surface area contributed by atoms with Crippen LogP contribution in [0.4, 0.5) is 13.2 Å². The van der Waals surface area contributed by atoms with Crippen LogP contribution in [0.2, 0.25) is 0 Å². The third-order valence-electron chi connectivity index (χ3n) is 2.82. The van der Waals surface area contributed by atoms with E-state index in [0.29, 0.717) is 0 Å². The Balaban J connectivity index is 0.000000235. The molecule has 0 atom stereocenters. The van der Waals surface area contributed by atoms with E-state index >= 15 is 0 Å².